The van der Waals surface area contributed by atoms with Gasteiger partial charge >= 0.3 is 0 Å². The van der Waals surface area contributed by atoms with E-state index in [1.807, 2.05) is 30.3 Å². The third-order valence-corrected chi connectivity index (χ3v) is 1.93. The van der Waals surface area contributed by atoms with Gasteiger partial charge in [0.2, 0.25) is 0 Å². The van der Waals surface area contributed by atoms with E-state index in [2.05, 4.69) is 0 Å². The lowest BCUT2D eigenvalue weighted by Gasteiger charge is -1.98. The van der Waals surface area contributed by atoms with Gasteiger partial charge in [-0.05, 0) is 5.30 Å². The van der Waals surface area contributed by atoms with Gasteiger partial charge in [-0.2, -0.15) is 0 Å². The Morgan fingerprint density at radius 3 is 2.60 bits per heavy atom. The number of hydrogen-bond donors (Lipinski definition) is 1. The van der Waals surface area contributed by atoms with Crippen LogP contribution in [0.15, 0.2) is 30.3 Å². The van der Waals surface area contributed by atoms with Gasteiger partial charge in [0, 0.05) is 8.81 Å². The molecule has 0 bridgehead atoms. The fraction of sp³-hybridized carbons (Fsp3) is 0.143. The van der Waals surface area contributed by atoms with Crippen molar-refractivity contribution in [3.8, 4) is 0 Å². The molecule has 1 aromatic rings. The zero-order chi connectivity index (χ0) is 7.23. The van der Waals surface area contributed by atoms with Gasteiger partial charge in [-0.3, -0.25) is 0 Å². The van der Waals surface area contributed by atoms with Gasteiger partial charge in [-0.25, -0.2) is 0 Å². The normalized spacial score (nSPS) is 10.9. The minimum Gasteiger partial charge on any atom is -0.343 e. The van der Waals surface area contributed by atoms with Gasteiger partial charge in [-0.1, -0.05) is 30.3 Å². The van der Waals surface area contributed by atoms with Crippen LogP contribution < -0.4 is 11.0 Å². The molecule has 1 atom stereocenters. The summed E-state index contributed by atoms with van der Waals surface area (Å²) in [4.78, 5) is 0. The minimum atomic E-state index is 0.299. The van der Waals surface area contributed by atoms with Crippen LogP contribution in [0.25, 0.3) is 0 Å². The number of benzene rings is 1. The van der Waals surface area contributed by atoms with Crippen LogP contribution in [0.5, 0.6) is 0 Å². The lowest BCUT2D eigenvalue weighted by atomic mass is 10.4. The Kier molecular flexibility index (Phi) is 3.37. The Morgan fingerprint density at radius 2 is 2.00 bits per heavy atom. The lowest BCUT2D eigenvalue weighted by Crippen LogP contribution is -2.01. The molecule has 1 unspecified atom stereocenters. The molecule has 0 aliphatic rings. The van der Waals surface area contributed by atoms with Crippen LogP contribution >= 0.6 is 8.81 Å². The second-order valence-electron chi connectivity index (χ2n) is 1.78. The monoisotopic (exact) mass is 155 g/mol. The Hall–Kier alpha value is -0.430. The van der Waals surface area contributed by atoms with E-state index in [9.17, 15) is 0 Å². The highest BCUT2D eigenvalue weighted by Crippen LogP contribution is 2.08. The van der Waals surface area contributed by atoms with Gasteiger partial charge in [-0.15, -0.1) is 0 Å². The van der Waals surface area contributed by atoms with E-state index in [-0.39, 0.29) is 0 Å². The van der Waals surface area contributed by atoms with Crippen molar-refractivity contribution < 1.29 is 4.52 Å². The first-order chi connectivity index (χ1) is 4.93. The first-order valence-electron chi connectivity index (χ1n) is 3.06. The van der Waals surface area contributed by atoms with Crippen LogP contribution in [-0.4, -0.2) is 6.73 Å². The van der Waals surface area contributed by atoms with Crippen LogP contribution in [0.2, 0.25) is 0 Å². The second-order valence-corrected chi connectivity index (χ2v) is 2.85. The van der Waals surface area contributed by atoms with E-state index in [1.54, 1.807) is 0 Å². The molecule has 0 aliphatic heterocycles. The number of nitrogens with two attached hydrogens (primary N) is 1. The minimum absolute atomic E-state index is 0.299. The number of hydrogen-bond acceptors (Lipinski definition) is 2. The summed E-state index contributed by atoms with van der Waals surface area (Å²) in [6.45, 7) is 0.299. The summed E-state index contributed by atoms with van der Waals surface area (Å²) in [5, 5.41) is 1.19. The van der Waals surface area contributed by atoms with Crippen molar-refractivity contribution >= 4 is 14.1 Å². The maximum atomic E-state index is 5.16. The van der Waals surface area contributed by atoms with Crippen molar-refractivity contribution in [2.75, 3.05) is 6.73 Å². The smallest absolute Gasteiger partial charge is 0.0984 e. The molecule has 0 spiro atoms. The number of rotatable bonds is 3. The van der Waals surface area contributed by atoms with Crippen LogP contribution in [0.1, 0.15) is 0 Å². The van der Waals surface area contributed by atoms with E-state index in [0.717, 1.165) is 0 Å². The van der Waals surface area contributed by atoms with E-state index in [4.69, 9.17) is 10.3 Å². The van der Waals surface area contributed by atoms with Gasteiger partial charge in [0.05, 0.1) is 6.73 Å². The van der Waals surface area contributed by atoms with Gasteiger partial charge in [0.25, 0.3) is 0 Å². The molecule has 2 N–H and O–H groups in total. The first-order valence-corrected chi connectivity index (χ1v) is 3.97. The fourth-order valence-electron chi connectivity index (χ4n) is 0.631. The Labute approximate surface area is 62.3 Å². The Bertz CT molecular complexity index is 178. The molecule has 0 radical (unpaired) electrons. The molecule has 0 saturated heterocycles. The average molecular weight is 155 g/mol. The molecule has 10 heavy (non-hydrogen) atoms. The SMILES string of the molecule is NCOPc1ccccc1. The molecular weight excluding hydrogens is 145 g/mol. The van der Waals surface area contributed by atoms with E-state index in [1.165, 1.54) is 5.30 Å². The van der Waals surface area contributed by atoms with E-state index >= 15 is 0 Å². The van der Waals surface area contributed by atoms with Crippen molar-refractivity contribution in [1.82, 2.24) is 0 Å². The summed E-state index contributed by atoms with van der Waals surface area (Å²) in [5.74, 6) is 0. The molecule has 0 heterocycles. The topological polar surface area (TPSA) is 35.2 Å². The summed E-state index contributed by atoms with van der Waals surface area (Å²) in [6, 6.07) is 10.0. The quantitative estimate of drug-likeness (QED) is 0.518. The molecular formula is C7H10NOP. The third-order valence-electron chi connectivity index (χ3n) is 1.05. The van der Waals surface area contributed by atoms with Crippen LogP contribution in [0, 0.1) is 0 Å². The van der Waals surface area contributed by atoms with Crippen molar-refractivity contribution in [3.05, 3.63) is 30.3 Å². The largest absolute Gasteiger partial charge is 0.343 e. The predicted molar refractivity (Wildman–Crippen MR) is 44.5 cm³/mol. The molecule has 0 aromatic heterocycles. The predicted octanol–water partition coefficient (Wildman–Crippen LogP) is 0.838. The van der Waals surface area contributed by atoms with E-state index < -0.39 is 0 Å². The lowest BCUT2D eigenvalue weighted by molar-refractivity contribution is 0.381. The summed E-state index contributed by atoms with van der Waals surface area (Å²) in [6.07, 6.45) is 0. The van der Waals surface area contributed by atoms with Crippen LogP contribution in [-0.2, 0) is 4.52 Å². The highest BCUT2D eigenvalue weighted by Gasteiger charge is 1.87. The maximum Gasteiger partial charge on any atom is 0.0984 e. The fourth-order valence-corrected chi connectivity index (χ4v) is 1.21. The van der Waals surface area contributed by atoms with Crippen molar-refractivity contribution in [3.63, 3.8) is 0 Å². The molecule has 54 valence electrons. The van der Waals surface area contributed by atoms with Crippen molar-refractivity contribution in [1.29, 1.82) is 0 Å². The maximum absolute atomic E-state index is 5.16. The van der Waals surface area contributed by atoms with E-state index in [0.29, 0.717) is 15.5 Å². The molecule has 0 amide bonds. The zero-order valence-corrected chi connectivity index (χ0v) is 6.58. The molecule has 0 fully saturated rings. The standard InChI is InChI=1S/C7H10NOP/c8-6-9-10-7-4-2-1-3-5-7/h1-5,10H,6,8H2. The third kappa shape index (κ3) is 2.44. The van der Waals surface area contributed by atoms with Crippen molar-refractivity contribution in [2.45, 2.75) is 0 Å². The van der Waals surface area contributed by atoms with Gasteiger partial charge < -0.3 is 10.3 Å². The zero-order valence-electron chi connectivity index (χ0n) is 5.58. The Balaban J connectivity index is 2.43. The molecule has 0 aliphatic carbocycles. The second kappa shape index (κ2) is 4.40. The summed E-state index contributed by atoms with van der Waals surface area (Å²) >= 11 is 0. The molecule has 1 aromatic carbocycles. The average Bonchev–Trinajstić information content (AvgIpc) is 2.03. The molecule has 2 nitrogen and oxygen atoms in total. The summed E-state index contributed by atoms with van der Waals surface area (Å²) in [5.41, 5.74) is 5.16. The molecule has 1 rings (SSSR count). The van der Waals surface area contributed by atoms with Crippen LogP contribution in [0.3, 0.4) is 0 Å². The molecule has 0 saturated carbocycles. The molecule has 3 heteroatoms. The van der Waals surface area contributed by atoms with Gasteiger partial charge in [0.15, 0.2) is 0 Å². The van der Waals surface area contributed by atoms with Crippen molar-refractivity contribution in [2.24, 2.45) is 5.73 Å². The Morgan fingerprint density at radius 1 is 1.30 bits per heavy atom. The van der Waals surface area contributed by atoms with Crippen LogP contribution in [0.4, 0.5) is 0 Å². The first kappa shape index (κ1) is 7.67. The summed E-state index contributed by atoms with van der Waals surface area (Å²) < 4.78 is 5.03. The van der Waals surface area contributed by atoms with Gasteiger partial charge in [0.1, 0.15) is 0 Å². The highest BCUT2D eigenvalue weighted by atomic mass is 31.1. The summed E-state index contributed by atoms with van der Waals surface area (Å²) in [7, 11) is 0.379. The highest BCUT2D eigenvalue weighted by molar-refractivity contribution is 7.41.